The minimum atomic E-state index is -0.595. The van der Waals surface area contributed by atoms with E-state index in [4.69, 9.17) is 16.8 Å². The molecule has 2 aromatic carbocycles. The van der Waals surface area contributed by atoms with Crippen molar-refractivity contribution in [3.8, 4) is 0 Å². The Hall–Kier alpha value is -2.64. The van der Waals surface area contributed by atoms with Crippen molar-refractivity contribution in [2.45, 2.75) is 0 Å². The van der Waals surface area contributed by atoms with Gasteiger partial charge in [0.2, 0.25) is 0 Å². The Morgan fingerprint density at radius 3 is 2.13 bits per heavy atom. The molecule has 1 aliphatic heterocycles. The van der Waals surface area contributed by atoms with Crippen molar-refractivity contribution in [1.29, 1.82) is 0 Å². The normalized spacial score (nSPS) is 14.6. The van der Waals surface area contributed by atoms with Gasteiger partial charge in [-0.3, -0.25) is 14.8 Å². The lowest BCUT2D eigenvalue weighted by molar-refractivity contribution is -0.124. The van der Waals surface area contributed by atoms with Gasteiger partial charge in [0, 0.05) is 48.5 Å². The van der Waals surface area contributed by atoms with Crippen molar-refractivity contribution in [1.82, 2.24) is 10.4 Å². The van der Waals surface area contributed by atoms with E-state index in [1.54, 1.807) is 24.3 Å². The lowest BCUT2D eigenvalue weighted by Gasteiger charge is -2.35. The monoisotopic (exact) mass is 461 g/mol. The highest BCUT2D eigenvalue weighted by Crippen LogP contribution is 2.26. The van der Waals surface area contributed by atoms with E-state index < -0.39 is 5.91 Å². The Morgan fingerprint density at radius 1 is 0.968 bits per heavy atom. The zero-order valence-corrected chi connectivity index (χ0v) is 18.7. The smallest absolute Gasteiger partial charge is 0.267 e. The number of carbonyl (C=O) groups excluding carboxylic acids is 2. The van der Waals surface area contributed by atoms with Crippen LogP contribution in [-0.4, -0.2) is 55.0 Å². The van der Waals surface area contributed by atoms with E-state index in [0.717, 1.165) is 43.0 Å². The average Bonchev–Trinajstić information content (AvgIpc) is 2.77. The van der Waals surface area contributed by atoms with Crippen LogP contribution in [0.5, 0.6) is 0 Å². The molecule has 2 aromatic rings. The SMILES string of the molecule is CN1CCN(c2ccc(Cl)cc2C(=O)C=Cc2ccc(C=CC(=O)NO)cc2)CC1.Cl. The molecule has 0 aromatic heterocycles. The molecule has 1 heterocycles. The van der Waals surface area contributed by atoms with Crippen LogP contribution < -0.4 is 10.4 Å². The molecule has 3 rings (SSSR count). The average molecular weight is 462 g/mol. The van der Waals surface area contributed by atoms with Gasteiger partial charge in [0.05, 0.1) is 0 Å². The Balaban J connectivity index is 0.00000341. The van der Waals surface area contributed by atoms with Gasteiger partial charge in [-0.15, -0.1) is 12.4 Å². The third-order valence-corrected chi connectivity index (χ3v) is 5.20. The zero-order valence-electron chi connectivity index (χ0n) is 17.1. The van der Waals surface area contributed by atoms with Crippen LogP contribution in [0, 0.1) is 0 Å². The number of carbonyl (C=O) groups is 2. The minimum absolute atomic E-state index is 0. The number of hydroxylamine groups is 1. The van der Waals surface area contributed by atoms with Crippen molar-refractivity contribution in [2.24, 2.45) is 0 Å². The summed E-state index contributed by atoms with van der Waals surface area (Å²) in [4.78, 5) is 28.4. The predicted octanol–water partition coefficient (Wildman–Crippen LogP) is 3.93. The number of nitrogens with zero attached hydrogens (tertiary/aromatic N) is 2. The standard InChI is InChI=1S/C23H24ClN3O3.ClH/c1-26-12-14-27(15-13-26)21-9-8-19(24)16-20(21)22(28)10-6-17-2-4-18(5-3-17)7-11-23(29)25-30;/h2-11,16,30H,12-15H2,1H3,(H,25,29);1H. The van der Waals surface area contributed by atoms with Crippen LogP contribution in [0.3, 0.4) is 0 Å². The molecule has 2 N–H and O–H groups in total. The van der Waals surface area contributed by atoms with E-state index in [0.29, 0.717) is 10.6 Å². The number of likely N-dealkylation sites (N-methyl/N-ethyl adjacent to an activating group) is 1. The molecule has 0 aliphatic carbocycles. The maximum absolute atomic E-state index is 12.9. The van der Waals surface area contributed by atoms with Crippen LogP contribution in [0.15, 0.2) is 54.6 Å². The van der Waals surface area contributed by atoms with Gasteiger partial charge in [0.15, 0.2) is 5.78 Å². The zero-order chi connectivity index (χ0) is 21.5. The first-order valence-electron chi connectivity index (χ1n) is 9.64. The summed E-state index contributed by atoms with van der Waals surface area (Å²) >= 11 is 6.17. The Kier molecular flexibility index (Phi) is 9.27. The molecule has 0 atom stereocenters. The van der Waals surface area contributed by atoms with Gasteiger partial charge < -0.3 is 9.80 Å². The van der Waals surface area contributed by atoms with Gasteiger partial charge in [-0.25, -0.2) is 5.48 Å². The molecule has 1 amide bonds. The van der Waals surface area contributed by atoms with Crippen molar-refractivity contribution in [3.05, 3.63) is 76.3 Å². The molecule has 31 heavy (non-hydrogen) atoms. The van der Waals surface area contributed by atoms with Crippen LogP contribution in [0.1, 0.15) is 21.5 Å². The second-order valence-corrected chi connectivity index (χ2v) is 7.56. The number of amides is 1. The van der Waals surface area contributed by atoms with Crippen LogP contribution in [-0.2, 0) is 4.79 Å². The molecular formula is C23H25Cl2N3O3. The first-order valence-corrected chi connectivity index (χ1v) is 10.0. The maximum Gasteiger partial charge on any atom is 0.267 e. The highest BCUT2D eigenvalue weighted by atomic mass is 35.5. The van der Waals surface area contributed by atoms with Gasteiger partial charge in [-0.1, -0.05) is 41.9 Å². The van der Waals surface area contributed by atoms with E-state index >= 15 is 0 Å². The van der Waals surface area contributed by atoms with Crippen molar-refractivity contribution < 1.29 is 14.8 Å². The van der Waals surface area contributed by atoms with Gasteiger partial charge in [0.1, 0.15) is 0 Å². The molecule has 1 aliphatic rings. The first-order chi connectivity index (χ1) is 14.5. The van der Waals surface area contributed by atoms with Gasteiger partial charge in [-0.05, 0) is 48.5 Å². The Labute approximate surface area is 193 Å². The Bertz CT molecular complexity index is 967. The fourth-order valence-electron chi connectivity index (χ4n) is 3.22. The minimum Gasteiger partial charge on any atom is -0.368 e. The van der Waals surface area contributed by atoms with Crippen LogP contribution in [0.25, 0.3) is 12.2 Å². The van der Waals surface area contributed by atoms with Crippen molar-refractivity contribution in [2.75, 3.05) is 38.1 Å². The molecule has 0 spiro atoms. The summed E-state index contributed by atoms with van der Waals surface area (Å²) in [5, 5.41) is 9.03. The largest absolute Gasteiger partial charge is 0.368 e. The summed E-state index contributed by atoms with van der Waals surface area (Å²) in [6.45, 7) is 3.64. The number of ketones is 1. The van der Waals surface area contributed by atoms with Crippen molar-refractivity contribution >= 4 is 53.5 Å². The number of hydrogen-bond acceptors (Lipinski definition) is 5. The fourth-order valence-corrected chi connectivity index (χ4v) is 3.39. The topological polar surface area (TPSA) is 72.9 Å². The molecule has 0 unspecified atom stereocenters. The second kappa shape index (κ2) is 11.7. The van der Waals surface area contributed by atoms with Gasteiger partial charge >= 0.3 is 0 Å². The van der Waals surface area contributed by atoms with Gasteiger partial charge in [0.25, 0.3) is 5.91 Å². The lowest BCUT2D eigenvalue weighted by Crippen LogP contribution is -2.44. The van der Waals surface area contributed by atoms with Crippen molar-refractivity contribution in [3.63, 3.8) is 0 Å². The molecular weight excluding hydrogens is 437 g/mol. The summed E-state index contributed by atoms with van der Waals surface area (Å²) in [6, 6.07) is 12.8. The Morgan fingerprint density at radius 2 is 1.55 bits per heavy atom. The molecule has 0 saturated carbocycles. The number of benzene rings is 2. The number of allylic oxidation sites excluding steroid dienone is 1. The quantitative estimate of drug-likeness (QED) is 0.295. The number of rotatable bonds is 6. The van der Waals surface area contributed by atoms with Gasteiger partial charge in [-0.2, -0.15) is 0 Å². The molecule has 164 valence electrons. The van der Waals surface area contributed by atoms with Crippen LogP contribution in [0.4, 0.5) is 5.69 Å². The molecule has 0 bridgehead atoms. The van der Waals surface area contributed by atoms with E-state index in [-0.39, 0.29) is 18.2 Å². The number of piperazine rings is 1. The third kappa shape index (κ3) is 6.94. The maximum atomic E-state index is 12.9. The third-order valence-electron chi connectivity index (χ3n) is 4.97. The number of anilines is 1. The van der Waals surface area contributed by atoms with Crippen LogP contribution in [0.2, 0.25) is 5.02 Å². The summed E-state index contributed by atoms with van der Waals surface area (Å²) in [5.74, 6) is -0.697. The summed E-state index contributed by atoms with van der Waals surface area (Å²) in [5.41, 5.74) is 4.70. The van der Waals surface area contributed by atoms with E-state index in [1.807, 2.05) is 36.4 Å². The van der Waals surface area contributed by atoms with E-state index in [9.17, 15) is 9.59 Å². The highest BCUT2D eigenvalue weighted by molar-refractivity contribution is 6.31. The molecule has 1 fully saturated rings. The number of halogens is 2. The predicted molar refractivity (Wildman–Crippen MR) is 127 cm³/mol. The summed E-state index contributed by atoms with van der Waals surface area (Å²) in [7, 11) is 2.09. The molecule has 0 radical (unpaired) electrons. The molecule has 6 nitrogen and oxygen atoms in total. The number of hydrogen-bond donors (Lipinski definition) is 2. The van der Waals surface area contributed by atoms with Crippen LogP contribution >= 0.6 is 24.0 Å². The molecule has 1 saturated heterocycles. The summed E-state index contributed by atoms with van der Waals surface area (Å²) in [6.07, 6.45) is 6.12. The van der Waals surface area contributed by atoms with E-state index in [2.05, 4.69) is 16.8 Å². The molecule has 8 heteroatoms. The second-order valence-electron chi connectivity index (χ2n) is 7.13. The fraction of sp³-hybridized carbons (Fsp3) is 0.217. The number of nitrogens with one attached hydrogen (secondary N) is 1. The highest BCUT2D eigenvalue weighted by Gasteiger charge is 2.19. The first kappa shape index (κ1) is 24.6. The lowest BCUT2D eigenvalue weighted by atomic mass is 10.0. The van der Waals surface area contributed by atoms with E-state index in [1.165, 1.54) is 11.6 Å². The summed E-state index contributed by atoms with van der Waals surface area (Å²) < 4.78 is 0.